The third-order valence-corrected chi connectivity index (χ3v) is 5.69. The summed E-state index contributed by atoms with van der Waals surface area (Å²) >= 11 is 3.51. The second kappa shape index (κ2) is 5.58. The van der Waals surface area contributed by atoms with E-state index >= 15 is 0 Å². The van der Waals surface area contributed by atoms with Crippen LogP contribution in [0.2, 0.25) is 0 Å². The SMILES string of the molecule is Cc1ccc(C2SCCN2C(=O)c2ccc(F)cc2)s1. The Labute approximate surface area is 125 Å². The molecule has 1 atom stereocenters. The van der Waals surface area contributed by atoms with E-state index in [4.69, 9.17) is 0 Å². The molecule has 1 amide bonds. The van der Waals surface area contributed by atoms with E-state index < -0.39 is 0 Å². The smallest absolute Gasteiger partial charge is 0.255 e. The lowest BCUT2D eigenvalue weighted by molar-refractivity contribution is 0.0762. The van der Waals surface area contributed by atoms with Crippen LogP contribution in [-0.2, 0) is 0 Å². The van der Waals surface area contributed by atoms with Gasteiger partial charge in [-0.3, -0.25) is 4.79 Å². The highest BCUT2D eigenvalue weighted by atomic mass is 32.2. The number of nitrogens with zero attached hydrogens (tertiary/aromatic N) is 1. The van der Waals surface area contributed by atoms with E-state index in [1.165, 1.54) is 21.9 Å². The average Bonchev–Trinajstić information content (AvgIpc) is 3.07. The van der Waals surface area contributed by atoms with Crippen molar-refractivity contribution in [3.8, 4) is 0 Å². The van der Waals surface area contributed by atoms with Gasteiger partial charge >= 0.3 is 0 Å². The lowest BCUT2D eigenvalue weighted by Crippen LogP contribution is -2.30. The highest BCUT2D eigenvalue weighted by Gasteiger charge is 2.32. The van der Waals surface area contributed by atoms with Gasteiger partial charge in [0, 0.05) is 27.6 Å². The van der Waals surface area contributed by atoms with Gasteiger partial charge in [0.1, 0.15) is 11.2 Å². The first kappa shape index (κ1) is 13.6. The van der Waals surface area contributed by atoms with Gasteiger partial charge in [-0.25, -0.2) is 4.39 Å². The van der Waals surface area contributed by atoms with Crippen LogP contribution < -0.4 is 0 Å². The van der Waals surface area contributed by atoms with Crippen LogP contribution in [0.4, 0.5) is 4.39 Å². The molecule has 104 valence electrons. The maximum absolute atomic E-state index is 12.9. The molecule has 1 saturated heterocycles. The van der Waals surface area contributed by atoms with Gasteiger partial charge in [-0.05, 0) is 43.3 Å². The van der Waals surface area contributed by atoms with Crippen molar-refractivity contribution in [2.24, 2.45) is 0 Å². The van der Waals surface area contributed by atoms with E-state index in [-0.39, 0.29) is 17.1 Å². The molecule has 1 aliphatic heterocycles. The largest absolute Gasteiger partial charge is 0.321 e. The molecule has 3 rings (SSSR count). The van der Waals surface area contributed by atoms with Crippen molar-refractivity contribution in [1.82, 2.24) is 4.90 Å². The first-order chi connectivity index (χ1) is 9.65. The van der Waals surface area contributed by atoms with E-state index in [1.54, 1.807) is 35.2 Å². The summed E-state index contributed by atoms with van der Waals surface area (Å²) in [6, 6.07) is 9.95. The number of halogens is 1. The van der Waals surface area contributed by atoms with Crippen LogP contribution in [0.1, 0.15) is 25.5 Å². The van der Waals surface area contributed by atoms with E-state index in [2.05, 4.69) is 19.1 Å². The predicted molar refractivity (Wildman–Crippen MR) is 81.7 cm³/mol. The standard InChI is InChI=1S/C15H14FNOS2/c1-10-2-7-13(20-10)15-17(8-9-19-15)14(18)11-3-5-12(16)6-4-11/h2-7,15H,8-9H2,1H3. The van der Waals surface area contributed by atoms with Crippen molar-refractivity contribution in [3.63, 3.8) is 0 Å². The maximum Gasteiger partial charge on any atom is 0.255 e. The van der Waals surface area contributed by atoms with Crippen molar-refractivity contribution in [1.29, 1.82) is 0 Å². The minimum absolute atomic E-state index is 0.0222. The fraction of sp³-hybridized carbons (Fsp3) is 0.267. The van der Waals surface area contributed by atoms with Gasteiger partial charge < -0.3 is 4.90 Å². The zero-order valence-electron chi connectivity index (χ0n) is 11.0. The van der Waals surface area contributed by atoms with E-state index in [0.717, 1.165) is 12.3 Å². The van der Waals surface area contributed by atoms with Gasteiger partial charge in [0.25, 0.3) is 5.91 Å². The zero-order chi connectivity index (χ0) is 14.1. The van der Waals surface area contributed by atoms with Crippen molar-refractivity contribution in [3.05, 3.63) is 57.5 Å². The van der Waals surface area contributed by atoms with Gasteiger partial charge in [0.2, 0.25) is 0 Å². The normalized spacial score (nSPS) is 18.5. The summed E-state index contributed by atoms with van der Waals surface area (Å²) in [7, 11) is 0. The topological polar surface area (TPSA) is 20.3 Å². The number of thioether (sulfide) groups is 1. The highest BCUT2D eigenvalue weighted by molar-refractivity contribution is 7.99. The molecule has 1 unspecified atom stereocenters. The number of amides is 1. The summed E-state index contributed by atoms with van der Waals surface area (Å²) < 4.78 is 12.9. The Morgan fingerprint density at radius 1 is 1.25 bits per heavy atom. The van der Waals surface area contributed by atoms with Gasteiger partial charge in [-0.2, -0.15) is 0 Å². The fourth-order valence-electron chi connectivity index (χ4n) is 2.26. The van der Waals surface area contributed by atoms with Crippen LogP contribution in [0.3, 0.4) is 0 Å². The number of aryl methyl sites for hydroxylation is 1. The molecule has 0 N–H and O–H groups in total. The molecule has 0 radical (unpaired) electrons. The minimum atomic E-state index is -0.317. The van der Waals surface area contributed by atoms with Crippen LogP contribution in [0, 0.1) is 12.7 Å². The van der Waals surface area contributed by atoms with Crippen molar-refractivity contribution in [2.75, 3.05) is 12.3 Å². The first-order valence-electron chi connectivity index (χ1n) is 6.39. The number of thiophene rings is 1. The van der Waals surface area contributed by atoms with Crippen molar-refractivity contribution >= 4 is 29.0 Å². The average molecular weight is 307 g/mol. The Balaban J connectivity index is 1.85. The summed E-state index contributed by atoms with van der Waals surface area (Å²) in [6.45, 7) is 2.81. The molecular formula is C15H14FNOS2. The molecule has 1 fully saturated rings. The second-order valence-electron chi connectivity index (χ2n) is 4.68. The van der Waals surface area contributed by atoms with Crippen LogP contribution in [0.15, 0.2) is 36.4 Å². The molecule has 2 nitrogen and oxygen atoms in total. The number of carbonyl (C=O) groups excluding carboxylic acids is 1. The minimum Gasteiger partial charge on any atom is -0.321 e. The molecule has 2 aromatic rings. The Morgan fingerprint density at radius 2 is 2.00 bits per heavy atom. The third kappa shape index (κ3) is 2.60. The molecule has 1 aromatic carbocycles. The number of rotatable bonds is 2. The monoisotopic (exact) mass is 307 g/mol. The Morgan fingerprint density at radius 3 is 2.65 bits per heavy atom. The van der Waals surface area contributed by atoms with Gasteiger partial charge in [-0.1, -0.05) is 0 Å². The maximum atomic E-state index is 12.9. The number of carbonyl (C=O) groups is 1. The zero-order valence-corrected chi connectivity index (χ0v) is 12.6. The molecule has 5 heteroatoms. The molecule has 0 saturated carbocycles. The third-order valence-electron chi connectivity index (χ3n) is 3.25. The van der Waals surface area contributed by atoms with Crippen LogP contribution >= 0.6 is 23.1 Å². The van der Waals surface area contributed by atoms with Gasteiger partial charge in [0.05, 0.1) is 0 Å². The molecular weight excluding hydrogens is 293 g/mol. The number of hydrogen-bond acceptors (Lipinski definition) is 3. The van der Waals surface area contributed by atoms with Crippen molar-refractivity contribution < 1.29 is 9.18 Å². The molecule has 0 aliphatic carbocycles. The van der Waals surface area contributed by atoms with Crippen LogP contribution in [0.25, 0.3) is 0 Å². The molecule has 2 heterocycles. The Hall–Kier alpha value is -1.33. The summed E-state index contributed by atoms with van der Waals surface area (Å²) in [6.07, 6.45) is 0. The fourth-order valence-corrected chi connectivity index (χ4v) is 4.63. The molecule has 1 aromatic heterocycles. The molecule has 1 aliphatic rings. The van der Waals surface area contributed by atoms with Crippen LogP contribution in [0.5, 0.6) is 0 Å². The van der Waals surface area contributed by atoms with Gasteiger partial charge in [0.15, 0.2) is 0 Å². The number of benzene rings is 1. The highest BCUT2D eigenvalue weighted by Crippen LogP contribution is 2.41. The summed E-state index contributed by atoms with van der Waals surface area (Å²) in [4.78, 5) is 16.9. The van der Waals surface area contributed by atoms with Gasteiger partial charge in [-0.15, -0.1) is 23.1 Å². The van der Waals surface area contributed by atoms with Crippen LogP contribution in [-0.4, -0.2) is 23.1 Å². The molecule has 0 bridgehead atoms. The Kier molecular flexibility index (Phi) is 3.81. The lowest BCUT2D eigenvalue weighted by Gasteiger charge is -2.23. The quantitative estimate of drug-likeness (QED) is 0.833. The number of hydrogen-bond donors (Lipinski definition) is 0. The second-order valence-corrected chi connectivity index (χ2v) is 7.18. The Bertz CT molecular complexity index is 623. The van der Waals surface area contributed by atoms with E-state index in [0.29, 0.717) is 5.56 Å². The van der Waals surface area contributed by atoms with E-state index in [9.17, 15) is 9.18 Å². The van der Waals surface area contributed by atoms with E-state index in [1.807, 2.05) is 4.90 Å². The summed E-state index contributed by atoms with van der Waals surface area (Å²) in [5, 5.41) is 0.0891. The summed E-state index contributed by atoms with van der Waals surface area (Å²) in [5.74, 6) is 0.600. The molecule has 20 heavy (non-hydrogen) atoms. The summed E-state index contributed by atoms with van der Waals surface area (Å²) in [5.41, 5.74) is 0.548. The predicted octanol–water partition coefficient (Wildman–Crippen LogP) is 4.08. The van der Waals surface area contributed by atoms with Crippen molar-refractivity contribution in [2.45, 2.75) is 12.3 Å². The molecule has 0 spiro atoms. The first-order valence-corrected chi connectivity index (χ1v) is 8.26. The lowest BCUT2D eigenvalue weighted by atomic mass is 10.2.